The molecule has 3 rings (SSSR count). The number of nitrogens with two attached hydrogens (primary N) is 1. The third-order valence-electron chi connectivity index (χ3n) is 6.80. The van der Waals surface area contributed by atoms with Crippen molar-refractivity contribution in [1.82, 2.24) is 24.8 Å². The van der Waals surface area contributed by atoms with E-state index in [1.165, 1.54) is 0 Å². The van der Waals surface area contributed by atoms with E-state index in [0.717, 1.165) is 24.2 Å². The lowest BCUT2D eigenvalue weighted by Crippen LogP contribution is -2.60. The first-order valence-corrected chi connectivity index (χ1v) is 14.6. The molecular weight excluding hydrogens is 504 g/mol. The number of hydrogen-bond donors (Lipinski definition) is 5. The molecule has 4 atom stereocenters. The van der Waals surface area contributed by atoms with Crippen LogP contribution in [-0.4, -0.2) is 80.8 Å². The molecule has 0 bridgehead atoms. The number of aliphatic hydroxyl groups excluding tert-OH is 1. The molecule has 0 radical (unpaired) electrons. The van der Waals surface area contributed by atoms with Gasteiger partial charge in [-0.05, 0) is 36.9 Å². The van der Waals surface area contributed by atoms with Gasteiger partial charge in [0, 0.05) is 32.2 Å². The van der Waals surface area contributed by atoms with Crippen molar-refractivity contribution in [2.75, 3.05) is 33.2 Å². The van der Waals surface area contributed by atoms with Crippen LogP contribution in [0.25, 0.3) is 0 Å². The summed E-state index contributed by atoms with van der Waals surface area (Å²) in [5.41, 5.74) is 8.19. The normalized spacial score (nSPS) is 18.6. The Bertz CT molecular complexity index is 1100. The van der Waals surface area contributed by atoms with Crippen molar-refractivity contribution in [2.24, 2.45) is 11.7 Å². The Morgan fingerprint density at radius 2 is 1.58 bits per heavy atom. The van der Waals surface area contributed by atoms with Crippen LogP contribution in [-0.2, 0) is 21.4 Å². The second kappa shape index (κ2) is 14.1. The van der Waals surface area contributed by atoms with Gasteiger partial charge in [-0.2, -0.15) is 13.1 Å². The number of benzene rings is 2. The number of likely N-dealkylation sites (N-methyl/N-ethyl adjacent to an activating group) is 1. The summed E-state index contributed by atoms with van der Waals surface area (Å²) in [5, 5.41) is 15.7. The number of aliphatic hydroxyl groups is 1. The minimum Gasteiger partial charge on any atom is -0.391 e. The van der Waals surface area contributed by atoms with Crippen LogP contribution in [0.3, 0.4) is 0 Å². The average Bonchev–Trinajstić information content (AvgIpc) is 2.89. The molecule has 0 spiro atoms. The topological polar surface area (TPSA) is 140 Å². The number of nitrogens with zero attached hydrogens (tertiary/aromatic N) is 2. The Morgan fingerprint density at radius 1 is 1.00 bits per heavy atom. The predicted molar refractivity (Wildman–Crippen MR) is 149 cm³/mol. The van der Waals surface area contributed by atoms with Gasteiger partial charge in [0.2, 0.25) is 5.91 Å². The first kappa shape index (κ1) is 30.2. The zero-order valence-corrected chi connectivity index (χ0v) is 23.3. The lowest BCUT2D eigenvalue weighted by atomic mass is 9.93. The number of piperazine rings is 1. The molecule has 1 heterocycles. The average molecular weight is 547 g/mol. The Hall–Kier alpha value is -2.38. The molecule has 11 heteroatoms. The number of hydrazine groups is 1. The smallest absolute Gasteiger partial charge is 0.290 e. The fourth-order valence-electron chi connectivity index (χ4n) is 4.44. The molecule has 210 valence electrons. The van der Waals surface area contributed by atoms with E-state index in [0.29, 0.717) is 19.5 Å². The Balaban J connectivity index is 1.71. The van der Waals surface area contributed by atoms with Gasteiger partial charge in [0.15, 0.2) is 0 Å². The Kier molecular flexibility index (Phi) is 11.2. The molecule has 1 fully saturated rings. The highest BCUT2D eigenvalue weighted by Gasteiger charge is 2.32. The fraction of sp³-hybridized carbons (Fsp3) is 0.519. The van der Waals surface area contributed by atoms with Crippen LogP contribution in [0.5, 0.6) is 0 Å². The van der Waals surface area contributed by atoms with Gasteiger partial charge >= 0.3 is 0 Å². The number of nitrogens with one attached hydrogen (secondary N) is 3. The maximum atomic E-state index is 13.4. The third kappa shape index (κ3) is 9.42. The highest BCUT2D eigenvalue weighted by Crippen LogP contribution is 2.19. The van der Waals surface area contributed by atoms with Gasteiger partial charge in [0.1, 0.15) is 6.04 Å². The first-order valence-electron chi connectivity index (χ1n) is 13.1. The van der Waals surface area contributed by atoms with Crippen LogP contribution < -0.4 is 20.6 Å². The quantitative estimate of drug-likeness (QED) is 0.250. The number of hydrogen-bond acceptors (Lipinski definition) is 7. The molecule has 38 heavy (non-hydrogen) atoms. The number of carbonyl (C=O) groups is 1. The molecule has 2 aromatic rings. The number of carbonyl (C=O) groups excluding carboxylic acids is 1. The van der Waals surface area contributed by atoms with Crippen LogP contribution in [0.1, 0.15) is 37.4 Å². The summed E-state index contributed by atoms with van der Waals surface area (Å²) >= 11 is 0. The van der Waals surface area contributed by atoms with Crippen molar-refractivity contribution in [1.29, 1.82) is 0 Å². The van der Waals surface area contributed by atoms with Crippen molar-refractivity contribution in [3.8, 4) is 0 Å². The minimum atomic E-state index is -3.99. The molecule has 0 aliphatic carbocycles. The fourth-order valence-corrected chi connectivity index (χ4v) is 5.73. The van der Waals surface area contributed by atoms with Crippen LogP contribution >= 0.6 is 0 Å². The molecule has 1 amide bonds. The van der Waals surface area contributed by atoms with E-state index < -0.39 is 40.3 Å². The molecule has 1 aliphatic heterocycles. The van der Waals surface area contributed by atoms with E-state index in [4.69, 9.17) is 5.73 Å². The molecule has 3 unspecified atom stereocenters. The van der Waals surface area contributed by atoms with Crippen molar-refractivity contribution in [3.63, 3.8) is 0 Å². The van der Waals surface area contributed by atoms with Gasteiger partial charge in [-0.15, -0.1) is 4.83 Å². The highest BCUT2D eigenvalue weighted by atomic mass is 32.2. The summed E-state index contributed by atoms with van der Waals surface area (Å²) in [5.74, 6) is -0.836. The van der Waals surface area contributed by atoms with Gasteiger partial charge in [-0.3, -0.25) is 4.79 Å². The summed E-state index contributed by atoms with van der Waals surface area (Å²) in [7, 11) is -2.01. The summed E-state index contributed by atoms with van der Waals surface area (Å²) in [6, 6.07) is 16.9. The van der Waals surface area contributed by atoms with Crippen molar-refractivity contribution >= 4 is 16.1 Å². The lowest BCUT2D eigenvalue weighted by Gasteiger charge is -2.33. The van der Waals surface area contributed by atoms with Gasteiger partial charge in [-0.1, -0.05) is 74.5 Å². The molecule has 0 saturated carbocycles. The number of amides is 1. The maximum absolute atomic E-state index is 13.4. The standard InChI is InChI=1S/C27H42N6O4S/c1-20(2)26(30-38(36,37)31-33-16-14-32(3)15-17-33)27(35)29-24(18-21-10-6-4-7-11-21)25(34)19-23(28)22-12-8-5-9-13-22/h4-13,20,23-26,30-31,34H,14-19,28H2,1-3H3,(H,29,35)/t23?,24?,25?,26-/m0/s1. The van der Waals surface area contributed by atoms with E-state index in [-0.39, 0.29) is 12.3 Å². The van der Waals surface area contributed by atoms with Gasteiger partial charge in [0.25, 0.3) is 10.2 Å². The molecule has 0 aromatic heterocycles. The highest BCUT2D eigenvalue weighted by molar-refractivity contribution is 7.87. The summed E-state index contributed by atoms with van der Waals surface area (Å²) in [4.78, 5) is 18.1. The van der Waals surface area contributed by atoms with E-state index in [1.807, 2.05) is 67.7 Å². The second-order valence-corrected chi connectivity index (χ2v) is 11.8. The van der Waals surface area contributed by atoms with Crippen LogP contribution in [0.2, 0.25) is 0 Å². The summed E-state index contributed by atoms with van der Waals surface area (Å²) < 4.78 is 28.3. The Labute approximate surface area is 226 Å². The predicted octanol–water partition coefficient (Wildman–Crippen LogP) is 0.776. The van der Waals surface area contributed by atoms with Crippen LogP contribution in [0.15, 0.2) is 60.7 Å². The summed E-state index contributed by atoms with van der Waals surface area (Å²) in [6.45, 7) is 6.11. The molecule has 6 N–H and O–H groups in total. The van der Waals surface area contributed by atoms with E-state index >= 15 is 0 Å². The van der Waals surface area contributed by atoms with E-state index in [9.17, 15) is 18.3 Å². The molecule has 10 nitrogen and oxygen atoms in total. The largest absolute Gasteiger partial charge is 0.391 e. The van der Waals surface area contributed by atoms with Gasteiger partial charge < -0.3 is 21.1 Å². The monoisotopic (exact) mass is 546 g/mol. The molecule has 1 saturated heterocycles. The summed E-state index contributed by atoms with van der Waals surface area (Å²) in [6.07, 6.45) is -0.362. The van der Waals surface area contributed by atoms with E-state index in [1.54, 1.807) is 18.9 Å². The number of rotatable bonds is 13. The van der Waals surface area contributed by atoms with Crippen molar-refractivity contribution in [2.45, 2.75) is 50.9 Å². The molecule has 1 aliphatic rings. The van der Waals surface area contributed by atoms with Gasteiger partial charge in [0.05, 0.1) is 12.1 Å². The van der Waals surface area contributed by atoms with Crippen LogP contribution in [0.4, 0.5) is 0 Å². The van der Waals surface area contributed by atoms with E-state index in [2.05, 4.69) is 19.8 Å². The van der Waals surface area contributed by atoms with Crippen LogP contribution in [0, 0.1) is 5.92 Å². The zero-order chi connectivity index (χ0) is 27.7. The first-order chi connectivity index (χ1) is 18.0. The molecule has 2 aromatic carbocycles. The minimum absolute atomic E-state index is 0.227. The lowest BCUT2D eigenvalue weighted by molar-refractivity contribution is -0.125. The van der Waals surface area contributed by atoms with Gasteiger partial charge in [-0.25, -0.2) is 5.01 Å². The second-order valence-electron chi connectivity index (χ2n) is 10.3. The molecular formula is C27H42N6O4S. The SMILES string of the molecule is CC(C)[C@H](NS(=O)(=O)NN1CCN(C)CC1)C(=O)NC(Cc1ccccc1)C(O)CC(N)c1ccccc1. The third-order valence-corrected chi connectivity index (χ3v) is 7.86. The van der Waals surface area contributed by atoms with Crippen molar-refractivity contribution < 1.29 is 18.3 Å². The maximum Gasteiger partial charge on any atom is 0.290 e. The zero-order valence-electron chi connectivity index (χ0n) is 22.5. The Morgan fingerprint density at radius 3 is 2.16 bits per heavy atom. The van der Waals surface area contributed by atoms with Crippen molar-refractivity contribution in [3.05, 3.63) is 71.8 Å².